The molecule has 3 rings (SSSR count). The number of aryl methyl sites for hydroxylation is 1. The molecule has 0 radical (unpaired) electrons. The van der Waals surface area contributed by atoms with Crippen molar-refractivity contribution >= 4 is 21.6 Å². The van der Waals surface area contributed by atoms with E-state index in [1.807, 2.05) is 13.0 Å². The normalized spacial score (nSPS) is 15.3. The Morgan fingerprint density at radius 1 is 1.07 bits per heavy atom. The van der Waals surface area contributed by atoms with E-state index >= 15 is 0 Å². The maximum Gasteiger partial charge on any atom is 0.255 e. The van der Waals surface area contributed by atoms with Crippen molar-refractivity contribution < 1.29 is 17.9 Å². The van der Waals surface area contributed by atoms with Crippen molar-refractivity contribution in [2.75, 3.05) is 25.5 Å². The molecule has 6 nitrogen and oxygen atoms in total. The van der Waals surface area contributed by atoms with Crippen molar-refractivity contribution in [3.63, 3.8) is 0 Å². The Hall–Kier alpha value is -2.38. The molecule has 0 bridgehead atoms. The molecule has 7 heteroatoms. The lowest BCUT2D eigenvalue weighted by Crippen LogP contribution is -2.35. The first-order valence-corrected chi connectivity index (χ1v) is 10.4. The number of hydrogen-bond donors (Lipinski definition) is 1. The van der Waals surface area contributed by atoms with Crippen LogP contribution < -0.4 is 10.1 Å². The second kappa shape index (κ2) is 8.10. The van der Waals surface area contributed by atoms with Crippen LogP contribution in [0.25, 0.3) is 0 Å². The van der Waals surface area contributed by atoms with Crippen molar-refractivity contribution in [1.29, 1.82) is 0 Å². The number of sulfonamides is 1. The van der Waals surface area contributed by atoms with Gasteiger partial charge < -0.3 is 10.1 Å². The van der Waals surface area contributed by atoms with Crippen molar-refractivity contribution in [2.45, 2.75) is 31.1 Å². The second-order valence-corrected chi connectivity index (χ2v) is 8.59. The minimum Gasteiger partial charge on any atom is -0.495 e. The summed E-state index contributed by atoms with van der Waals surface area (Å²) in [7, 11) is -2.11. The highest BCUT2D eigenvalue weighted by Gasteiger charge is 2.27. The lowest BCUT2D eigenvalue weighted by molar-refractivity contribution is 0.102. The van der Waals surface area contributed by atoms with Crippen molar-refractivity contribution in [2.24, 2.45) is 0 Å². The molecular formula is C20H24N2O4S. The number of piperidine rings is 1. The molecule has 2 aromatic carbocycles. The zero-order valence-electron chi connectivity index (χ0n) is 15.6. The van der Waals surface area contributed by atoms with Gasteiger partial charge in [0.15, 0.2) is 0 Å². The number of hydrogen-bond acceptors (Lipinski definition) is 4. The predicted octanol–water partition coefficient (Wildman–Crippen LogP) is 3.43. The fraction of sp³-hybridized carbons (Fsp3) is 0.350. The van der Waals surface area contributed by atoms with Crippen LogP contribution in [0.15, 0.2) is 47.4 Å². The predicted molar refractivity (Wildman–Crippen MR) is 105 cm³/mol. The lowest BCUT2D eigenvalue weighted by atomic mass is 10.1. The summed E-state index contributed by atoms with van der Waals surface area (Å²) in [6, 6.07) is 11.8. The molecule has 1 N–H and O–H groups in total. The molecule has 144 valence electrons. The Labute approximate surface area is 160 Å². The first-order chi connectivity index (χ1) is 12.9. The minimum absolute atomic E-state index is 0.157. The number of nitrogens with zero attached hydrogens (tertiary/aromatic N) is 1. The molecule has 1 heterocycles. The third-order valence-electron chi connectivity index (χ3n) is 4.65. The Morgan fingerprint density at radius 2 is 1.81 bits per heavy atom. The summed E-state index contributed by atoms with van der Waals surface area (Å²) in [4.78, 5) is 12.7. The van der Waals surface area contributed by atoms with Crippen LogP contribution in [0.5, 0.6) is 5.75 Å². The minimum atomic E-state index is -3.59. The molecule has 1 amide bonds. The van der Waals surface area contributed by atoms with Crippen LogP contribution in [0.1, 0.15) is 35.2 Å². The van der Waals surface area contributed by atoms with E-state index in [-0.39, 0.29) is 10.8 Å². The summed E-state index contributed by atoms with van der Waals surface area (Å²) in [5, 5.41) is 2.77. The zero-order chi connectivity index (χ0) is 19.4. The molecule has 1 fully saturated rings. The van der Waals surface area contributed by atoms with Crippen LogP contribution >= 0.6 is 0 Å². The van der Waals surface area contributed by atoms with Gasteiger partial charge in [-0.15, -0.1) is 0 Å². The van der Waals surface area contributed by atoms with Gasteiger partial charge in [0.05, 0.1) is 17.7 Å². The van der Waals surface area contributed by atoms with E-state index in [2.05, 4.69) is 5.32 Å². The summed E-state index contributed by atoms with van der Waals surface area (Å²) in [5.74, 6) is 0.0955. The van der Waals surface area contributed by atoms with E-state index in [1.165, 1.54) is 23.5 Å². The summed E-state index contributed by atoms with van der Waals surface area (Å²) < 4.78 is 32.6. The Morgan fingerprint density at radius 3 is 2.48 bits per heavy atom. The molecule has 0 spiro atoms. The Balaban J connectivity index is 1.90. The van der Waals surface area contributed by atoms with E-state index in [9.17, 15) is 13.2 Å². The first-order valence-electron chi connectivity index (χ1n) is 8.98. The van der Waals surface area contributed by atoms with E-state index in [1.54, 1.807) is 24.3 Å². The number of carbonyl (C=O) groups excluding carboxylic acids is 1. The topological polar surface area (TPSA) is 75.7 Å². The average molecular weight is 388 g/mol. The number of benzene rings is 2. The quantitative estimate of drug-likeness (QED) is 0.851. The maximum absolute atomic E-state index is 12.9. The molecule has 1 saturated heterocycles. The summed E-state index contributed by atoms with van der Waals surface area (Å²) in [5.41, 5.74) is 1.81. The van der Waals surface area contributed by atoms with Gasteiger partial charge in [0.1, 0.15) is 5.75 Å². The van der Waals surface area contributed by atoms with Gasteiger partial charge in [-0.25, -0.2) is 8.42 Å². The highest BCUT2D eigenvalue weighted by atomic mass is 32.2. The molecule has 0 aromatic heterocycles. The number of rotatable bonds is 5. The summed E-state index contributed by atoms with van der Waals surface area (Å²) >= 11 is 0. The zero-order valence-corrected chi connectivity index (χ0v) is 16.4. The highest BCUT2D eigenvalue weighted by Crippen LogP contribution is 2.30. The van der Waals surface area contributed by atoms with Gasteiger partial charge in [-0.05, 0) is 50.1 Å². The molecule has 0 unspecified atom stereocenters. The SMILES string of the molecule is COc1ccc(S(=O)(=O)N2CCCCC2)cc1NC(=O)c1cccc(C)c1. The number of ether oxygens (including phenoxy) is 1. The summed E-state index contributed by atoms with van der Waals surface area (Å²) in [6.45, 7) is 2.96. The molecule has 0 saturated carbocycles. The third kappa shape index (κ3) is 4.31. The van der Waals surface area contributed by atoms with Crippen LogP contribution in [0.2, 0.25) is 0 Å². The highest BCUT2D eigenvalue weighted by molar-refractivity contribution is 7.89. The largest absolute Gasteiger partial charge is 0.495 e. The van der Waals surface area contributed by atoms with Gasteiger partial charge in [0, 0.05) is 18.7 Å². The smallest absolute Gasteiger partial charge is 0.255 e. The third-order valence-corrected chi connectivity index (χ3v) is 6.55. The van der Waals surface area contributed by atoms with Gasteiger partial charge in [-0.3, -0.25) is 4.79 Å². The van der Waals surface area contributed by atoms with Gasteiger partial charge in [0.25, 0.3) is 5.91 Å². The monoisotopic (exact) mass is 388 g/mol. The van der Waals surface area contributed by atoms with E-state index in [4.69, 9.17) is 4.74 Å². The molecular weight excluding hydrogens is 364 g/mol. The van der Waals surface area contributed by atoms with Crippen LogP contribution in [-0.2, 0) is 10.0 Å². The number of methoxy groups -OCH3 is 1. The maximum atomic E-state index is 12.9. The number of anilines is 1. The molecule has 2 aromatic rings. The number of nitrogens with one attached hydrogen (secondary N) is 1. The van der Waals surface area contributed by atoms with Crippen molar-refractivity contribution in [3.8, 4) is 5.75 Å². The van der Waals surface area contributed by atoms with E-state index in [0.29, 0.717) is 30.1 Å². The van der Waals surface area contributed by atoms with E-state index in [0.717, 1.165) is 24.8 Å². The second-order valence-electron chi connectivity index (χ2n) is 6.65. The Bertz CT molecular complexity index is 935. The molecule has 0 aliphatic carbocycles. The summed E-state index contributed by atoms with van der Waals surface area (Å²) in [6.07, 6.45) is 2.78. The number of carbonyl (C=O) groups is 1. The number of amides is 1. The fourth-order valence-electron chi connectivity index (χ4n) is 3.18. The van der Waals surface area contributed by atoms with Gasteiger partial charge >= 0.3 is 0 Å². The first kappa shape index (κ1) is 19.4. The molecule has 1 aliphatic heterocycles. The van der Waals surface area contributed by atoms with Crippen LogP contribution in [-0.4, -0.2) is 38.8 Å². The van der Waals surface area contributed by atoms with Crippen molar-refractivity contribution in [3.05, 3.63) is 53.6 Å². The lowest BCUT2D eigenvalue weighted by Gasteiger charge is -2.26. The van der Waals surface area contributed by atoms with Gasteiger partial charge in [-0.1, -0.05) is 24.1 Å². The van der Waals surface area contributed by atoms with Crippen LogP contribution in [0.4, 0.5) is 5.69 Å². The van der Waals surface area contributed by atoms with Crippen molar-refractivity contribution in [1.82, 2.24) is 4.31 Å². The van der Waals surface area contributed by atoms with E-state index < -0.39 is 10.0 Å². The Kier molecular flexibility index (Phi) is 5.82. The molecule has 1 aliphatic rings. The molecule has 0 atom stereocenters. The molecule has 27 heavy (non-hydrogen) atoms. The fourth-order valence-corrected chi connectivity index (χ4v) is 4.72. The van der Waals surface area contributed by atoms with Gasteiger partial charge in [0.2, 0.25) is 10.0 Å². The average Bonchev–Trinajstić information content (AvgIpc) is 2.68. The van der Waals surface area contributed by atoms with Crippen LogP contribution in [0.3, 0.4) is 0 Å². The standard InChI is InChI=1S/C20H24N2O4S/c1-15-7-6-8-16(13-15)20(23)21-18-14-17(9-10-19(18)26-2)27(24,25)22-11-4-3-5-12-22/h6-10,13-14H,3-5,11-12H2,1-2H3,(H,21,23). The van der Waals surface area contributed by atoms with Gasteiger partial charge in [-0.2, -0.15) is 4.31 Å². The van der Waals surface area contributed by atoms with Crippen LogP contribution in [0, 0.1) is 6.92 Å².